The summed E-state index contributed by atoms with van der Waals surface area (Å²) in [6, 6.07) is 4.11. The Morgan fingerprint density at radius 1 is 1.35 bits per heavy atom. The summed E-state index contributed by atoms with van der Waals surface area (Å²) in [6.45, 7) is 3.24. The van der Waals surface area contributed by atoms with Crippen LogP contribution in [0.15, 0.2) is 24.3 Å². The molecule has 2 rings (SSSR count). The lowest BCUT2D eigenvalue weighted by atomic mass is 9.94. The maximum Gasteiger partial charge on any atom is 0.405 e. The molecule has 23 heavy (non-hydrogen) atoms. The number of hydrogen-bond donors (Lipinski definition) is 1. The zero-order chi connectivity index (χ0) is 17.3. The number of hydrazine groups is 1. The van der Waals surface area contributed by atoms with Gasteiger partial charge < -0.3 is 0 Å². The lowest BCUT2D eigenvalue weighted by Crippen LogP contribution is -2.50. The number of nitrogens with zero attached hydrogens (tertiary/aromatic N) is 1. The van der Waals surface area contributed by atoms with Gasteiger partial charge in [-0.05, 0) is 50.8 Å². The molecule has 1 fully saturated rings. The fraction of sp³-hybridized carbons (Fsp3) is 0.562. The van der Waals surface area contributed by atoms with Crippen LogP contribution in [0.2, 0.25) is 0 Å². The van der Waals surface area contributed by atoms with Gasteiger partial charge in [-0.15, -0.1) is 0 Å². The highest BCUT2D eigenvalue weighted by Crippen LogP contribution is 2.33. The molecule has 1 aliphatic heterocycles. The van der Waals surface area contributed by atoms with Gasteiger partial charge in [-0.2, -0.15) is 13.2 Å². The molecule has 0 spiro atoms. The van der Waals surface area contributed by atoms with E-state index in [9.17, 15) is 22.4 Å². The molecule has 0 aromatic heterocycles. The summed E-state index contributed by atoms with van der Waals surface area (Å²) in [4.78, 5) is 11.7. The highest BCUT2D eigenvalue weighted by atomic mass is 19.4. The first-order valence-corrected chi connectivity index (χ1v) is 7.48. The van der Waals surface area contributed by atoms with E-state index >= 15 is 0 Å². The van der Waals surface area contributed by atoms with Gasteiger partial charge in [0.25, 0.3) is 0 Å². The van der Waals surface area contributed by atoms with Crippen molar-refractivity contribution in [1.82, 2.24) is 10.4 Å². The molecular formula is C16H20F4N2O. The molecule has 1 aliphatic rings. The molecule has 0 saturated carbocycles. The van der Waals surface area contributed by atoms with Gasteiger partial charge in [0.05, 0.1) is 5.41 Å². The molecule has 1 aromatic carbocycles. The molecule has 1 unspecified atom stereocenters. The van der Waals surface area contributed by atoms with Crippen LogP contribution in [0.25, 0.3) is 0 Å². The van der Waals surface area contributed by atoms with Crippen molar-refractivity contribution in [2.75, 3.05) is 6.54 Å². The highest BCUT2D eigenvalue weighted by molar-refractivity contribution is 5.83. The summed E-state index contributed by atoms with van der Waals surface area (Å²) in [5.74, 6) is -0.805. The minimum absolute atomic E-state index is 0.00990. The smallest absolute Gasteiger partial charge is 0.288 e. The predicted molar refractivity (Wildman–Crippen MR) is 77.8 cm³/mol. The number of halogens is 4. The van der Waals surface area contributed by atoms with Crippen LogP contribution in [-0.4, -0.2) is 29.7 Å². The van der Waals surface area contributed by atoms with Gasteiger partial charge in [-0.3, -0.25) is 10.2 Å². The Morgan fingerprint density at radius 3 is 2.57 bits per heavy atom. The van der Waals surface area contributed by atoms with Gasteiger partial charge in [0, 0.05) is 6.54 Å². The molecule has 128 valence electrons. The van der Waals surface area contributed by atoms with E-state index in [0.29, 0.717) is 12.0 Å². The number of amides is 1. The van der Waals surface area contributed by atoms with E-state index in [1.165, 1.54) is 18.2 Å². The molecule has 1 atom stereocenters. The van der Waals surface area contributed by atoms with Crippen LogP contribution in [0, 0.1) is 11.2 Å². The molecule has 3 nitrogen and oxygen atoms in total. The molecular weight excluding hydrogens is 312 g/mol. The second-order valence-electron chi connectivity index (χ2n) is 6.53. The Bertz CT molecular complexity index is 571. The molecule has 0 radical (unpaired) electrons. The van der Waals surface area contributed by atoms with Gasteiger partial charge in [-0.1, -0.05) is 12.1 Å². The average molecular weight is 332 g/mol. The third kappa shape index (κ3) is 4.43. The van der Waals surface area contributed by atoms with Crippen molar-refractivity contribution in [3.05, 3.63) is 35.6 Å². The number of hydrogen-bond acceptors (Lipinski definition) is 2. The van der Waals surface area contributed by atoms with Crippen LogP contribution in [-0.2, 0) is 11.2 Å². The number of nitrogens with one attached hydrogen (secondary N) is 1. The summed E-state index contributed by atoms with van der Waals surface area (Å²) in [6.07, 6.45) is -3.98. The van der Waals surface area contributed by atoms with E-state index in [1.54, 1.807) is 19.9 Å². The fourth-order valence-electron chi connectivity index (χ4n) is 2.70. The van der Waals surface area contributed by atoms with Crippen LogP contribution >= 0.6 is 0 Å². The lowest BCUT2D eigenvalue weighted by Gasteiger charge is -2.29. The van der Waals surface area contributed by atoms with Crippen LogP contribution in [0.1, 0.15) is 32.3 Å². The Balaban J connectivity index is 1.99. The van der Waals surface area contributed by atoms with E-state index < -0.39 is 29.4 Å². The SMILES string of the molecule is CC1(C)CN(C(CCCc2cccc(F)c2)C(F)(F)F)NC1=O. The molecule has 1 N–H and O–H groups in total. The summed E-state index contributed by atoms with van der Waals surface area (Å²) in [5, 5.41) is 0.980. The number of carbonyl (C=O) groups is 1. The molecule has 1 heterocycles. The van der Waals surface area contributed by atoms with E-state index in [1.807, 2.05) is 0 Å². The van der Waals surface area contributed by atoms with Gasteiger partial charge in [0.15, 0.2) is 0 Å². The van der Waals surface area contributed by atoms with Crippen LogP contribution in [0.5, 0.6) is 0 Å². The zero-order valence-corrected chi connectivity index (χ0v) is 13.1. The summed E-state index contributed by atoms with van der Waals surface area (Å²) < 4.78 is 52.9. The zero-order valence-electron chi connectivity index (χ0n) is 13.1. The van der Waals surface area contributed by atoms with Crippen LogP contribution in [0.3, 0.4) is 0 Å². The van der Waals surface area contributed by atoms with E-state index in [-0.39, 0.29) is 19.4 Å². The van der Waals surface area contributed by atoms with Crippen molar-refractivity contribution in [2.24, 2.45) is 5.41 Å². The van der Waals surface area contributed by atoms with Crippen molar-refractivity contribution in [3.8, 4) is 0 Å². The second kappa shape index (κ2) is 6.47. The van der Waals surface area contributed by atoms with Crippen molar-refractivity contribution in [2.45, 2.75) is 45.3 Å². The van der Waals surface area contributed by atoms with Gasteiger partial charge in [0.1, 0.15) is 11.9 Å². The number of aryl methyl sites for hydroxylation is 1. The van der Waals surface area contributed by atoms with Crippen LogP contribution in [0.4, 0.5) is 17.6 Å². The number of benzene rings is 1. The lowest BCUT2D eigenvalue weighted by molar-refractivity contribution is -0.190. The Labute approximate surface area is 132 Å². The third-order valence-corrected chi connectivity index (χ3v) is 4.01. The van der Waals surface area contributed by atoms with Crippen molar-refractivity contribution in [3.63, 3.8) is 0 Å². The van der Waals surface area contributed by atoms with Crippen molar-refractivity contribution in [1.29, 1.82) is 0 Å². The molecule has 1 saturated heterocycles. The molecule has 0 aliphatic carbocycles. The van der Waals surface area contributed by atoms with Crippen molar-refractivity contribution >= 4 is 5.91 Å². The van der Waals surface area contributed by atoms with Crippen LogP contribution < -0.4 is 5.43 Å². The minimum Gasteiger partial charge on any atom is -0.288 e. The van der Waals surface area contributed by atoms with E-state index in [0.717, 1.165) is 5.01 Å². The normalized spacial score (nSPS) is 19.7. The second-order valence-corrected chi connectivity index (χ2v) is 6.53. The van der Waals surface area contributed by atoms with Gasteiger partial charge in [-0.25, -0.2) is 9.40 Å². The van der Waals surface area contributed by atoms with Crippen molar-refractivity contribution < 1.29 is 22.4 Å². The van der Waals surface area contributed by atoms with Gasteiger partial charge >= 0.3 is 6.18 Å². The summed E-state index contributed by atoms with van der Waals surface area (Å²) in [5.41, 5.74) is 2.15. The van der Waals surface area contributed by atoms with Gasteiger partial charge in [0.2, 0.25) is 5.91 Å². The Hall–Kier alpha value is -1.63. The molecule has 1 aromatic rings. The molecule has 0 bridgehead atoms. The number of alkyl halides is 3. The molecule has 1 amide bonds. The largest absolute Gasteiger partial charge is 0.405 e. The Kier molecular flexibility index (Phi) is 4.98. The highest BCUT2D eigenvalue weighted by Gasteiger charge is 2.49. The average Bonchev–Trinajstić information content (AvgIpc) is 2.67. The topological polar surface area (TPSA) is 32.3 Å². The van der Waals surface area contributed by atoms with E-state index in [4.69, 9.17) is 0 Å². The number of rotatable bonds is 5. The maximum atomic E-state index is 13.3. The molecule has 7 heteroatoms. The first-order valence-electron chi connectivity index (χ1n) is 7.48. The summed E-state index contributed by atoms with van der Waals surface area (Å²) in [7, 11) is 0. The number of carbonyl (C=O) groups excluding carboxylic acids is 1. The Morgan fingerprint density at radius 2 is 2.04 bits per heavy atom. The monoisotopic (exact) mass is 332 g/mol. The maximum absolute atomic E-state index is 13.3. The minimum atomic E-state index is -4.43. The summed E-state index contributed by atoms with van der Waals surface area (Å²) >= 11 is 0. The quantitative estimate of drug-likeness (QED) is 0.838. The third-order valence-electron chi connectivity index (χ3n) is 4.01. The first kappa shape index (κ1) is 17.7. The first-order chi connectivity index (χ1) is 10.6. The van der Waals surface area contributed by atoms with E-state index in [2.05, 4.69) is 5.43 Å². The standard InChI is InChI=1S/C16H20F4N2O/c1-15(2)10-22(21-14(15)23)13(16(18,19)20)8-4-6-11-5-3-7-12(17)9-11/h3,5,7,9,13H,4,6,8,10H2,1-2H3,(H,21,23). The predicted octanol–water partition coefficient (Wildman–Crippen LogP) is 3.45. The fourth-order valence-corrected chi connectivity index (χ4v) is 2.70.